The van der Waals surface area contributed by atoms with Crippen molar-refractivity contribution in [1.82, 2.24) is 14.9 Å². The normalized spacial score (nSPS) is 18.5. The zero-order valence-corrected chi connectivity index (χ0v) is 11.4. The van der Waals surface area contributed by atoms with Crippen LogP contribution in [0.3, 0.4) is 0 Å². The number of carbonyl (C=O) groups excluding carboxylic acids is 1. The quantitative estimate of drug-likeness (QED) is 0.708. The molecule has 0 bridgehead atoms. The molecule has 0 aromatic carbocycles. The molecular formula is C13H17N3O5. The molecule has 1 fully saturated rings. The summed E-state index contributed by atoms with van der Waals surface area (Å²) in [6.45, 7) is 0.964. The number of piperidine rings is 1. The Kier molecular flexibility index (Phi) is 4.56. The van der Waals surface area contributed by atoms with Gasteiger partial charge in [-0.05, 0) is 25.2 Å². The summed E-state index contributed by atoms with van der Waals surface area (Å²) in [4.78, 5) is 51.3. The van der Waals surface area contributed by atoms with Crippen LogP contribution in [0, 0.1) is 5.92 Å². The minimum absolute atomic E-state index is 0.0753. The van der Waals surface area contributed by atoms with E-state index in [4.69, 9.17) is 5.11 Å². The topological polar surface area (TPSA) is 123 Å². The number of rotatable bonds is 4. The van der Waals surface area contributed by atoms with E-state index in [9.17, 15) is 19.2 Å². The summed E-state index contributed by atoms with van der Waals surface area (Å²) in [6, 6.07) is 0. The van der Waals surface area contributed by atoms with Crippen LogP contribution in [0.25, 0.3) is 0 Å². The van der Waals surface area contributed by atoms with Gasteiger partial charge in [0.05, 0.1) is 0 Å². The van der Waals surface area contributed by atoms with Gasteiger partial charge in [0.15, 0.2) is 0 Å². The smallest absolute Gasteiger partial charge is 0.325 e. The number of hydrogen-bond acceptors (Lipinski definition) is 4. The van der Waals surface area contributed by atoms with E-state index in [1.807, 2.05) is 4.98 Å². The summed E-state index contributed by atoms with van der Waals surface area (Å²) in [5.74, 6) is -1.16. The zero-order valence-electron chi connectivity index (χ0n) is 11.4. The van der Waals surface area contributed by atoms with Gasteiger partial charge in [-0.2, -0.15) is 0 Å². The largest absolute Gasteiger partial charge is 0.481 e. The fourth-order valence-corrected chi connectivity index (χ4v) is 2.55. The minimum atomic E-state index is -0.851. The third-order valence-electron chi connectivity index (χ3n) is 3.62. The van der Waals surface area contributed by atoms with Crippen molar-refractivity contribution in [3.05, 3.63) is 32.6 Å². The van der Waals surface area contributed by atoms with Gasteiger partial charge in [-0.15, -0.1) is 0 Å². The molecule has 0 radical (unpaired) electrons. The Hall–Kier alpha value is -2.38. The molecule has 1 saturated heterocycles. The number of likely N-dealkylation sites (tertiary alicyclic amines) is 1. The number of aromatic nitrogens is 2. The first-order valence-corrected chi connectivity index (χ1v) is 6.80. The summed E-state index contributed by atoms with van der Waals surface area (Å²) < 4.78 is 0. The maximum Gasteiger partial charge on any atom is 0.325 e. The van der Waals surface area contributed by atoms with Crippen molar-refractivity contribution in [2.75, 3.05) is 13.1 Å². The van der Waals surface area contributed by atoms with E-state index in [1.165, 1.54) is 0 Å². The number of nitrogens with one attached hydrogen (secondary N) is 2. The molecule has 8 heteroatoms. The van der Waals surface area contributed by atoms with Crippen LogP contribution in [0.15, 0.2) is 15.8 Å². The molecule has 1 atom stereocenters. The molecule has 0 aliphatic carbocycles. The molecule has 1 aliphatic rings. The number of carboxylic acids is 1. The van der Waals surface area contributed by atoms with Gasteiger partial charge in [-0.3, -0.25) is 19.4 Å². The Bertz CT molecular complexity index is 648. The average molecular weight is 295 g/mol. The molecule has 1 aromatic rings. The highest BCUT2D eigenvalue weighted by Gasteiger charge is 2.26. The van der Waals surface area contributed by atoms with Crippen LogP contribution in [0.5, 0.6) is 0 Å². The Morgan fingerprint density at radius 3 is 2.81 bits per heavy atom. The lowest BCUT2D eigenvalue weighted by atomic mass is 9.93. The predicted octanol–water partition coefficient (Wildman–Crippen LogP) is -0.220. The minimum Gasteiger partial charge on any atom is -0.481 e. The molecule has 1 aliphatic heterocycles. The van der Waals surface area contributed by atoms with Crippen LogP contribution in [-0.4, -0.2) is 44.9 Å². The number of aliphatic carboxylic acids is 1. The molecule has 0 spiro atoms. The molecule has 1 unspecified atom stereocenters. The van der Waals surface area contributed by atoms with Crippen molar-refractivity contribution in [2.24, 2.45) is 5.92 Å². The van der Waals surface area contributed by atoms with Crippen molar-refractivity contribution < 1.29 is 14.7 Å². The Morgan fingerprint density at radius 2 is 2.14 bits per heavy atom. The molecular weight excluding hydrogens is 278 g/mol. The van der Waals surface area contributed by atoms with Crippen LogP contribution in [0.1, 0.15) is 36.0 Å². The van der Waals surface area contributed by atoms with Crippen LogP contribution in [0.4, 0.5) is 0 Å². The number of carboxylic acid groups (broad SMARTS) is 1. The first-order chi connectivity index (χ1) is 9.97. The van der Waals surface area contributed by atoms with Gasteiger partial charge in [-0.25, -0.2) is 4.79 Å². The fraction of sp³-hybridized carbons (Fsp3) is 0.538. The first kappa shape index (κ1) is 15.0. The highest BCUT2D eigenvalue weighted by atomic mass is 16.4. The molecule has 0 saturated carbocycles. The maximum absolute atomic E-state index is 12.3. The summed E-state index contributed by atoms with van der Waals surface area (Å²) in [5.41, 5.74) is -1.47. The lowest BCUT2D eigenvalue weighted by molar-refractivity contribution is -0.137. The molecule has 8 nitrogen and oxygen atoms in total. The van der Waals surface area contributed by atoms with E-state index in [-0.39, 0.29) is 17.9 Å². The molecule has 2 heterocycles. The number of nitrogens with zero attached hydrogens (tertiary/aromatic N) is 1. The van der Waals surface area contributed by atoms with Crippen molar-refractivity contribution in [1.29, 1.82) is 0 Å². The van der Waals surface area contributed by atoms with Gasteiger partial charge < -0.3 is 15.0 Å². The van der Waals surface area contributed by atoms with Gasteiger partial charge in [0.2, 0.25) is 0 Å². The van der Waals surface area contributed by atoms with Gasteiger partial charge in [0.1, 0.15) is 5.56 Å². The molecule has 3 N–H and O–H groups in total. The Balaban J connectivity index is 2.06. The molecule has 2 rings (SSSR count). The monoisotopic (exact) mass is 295 g/mol. The van der Waals surface area contributed by atoms with Gasteiger partial charge in [0, 0.05) is 25.7 Å². The number of amides is 1. The van der Waals surface area contributed by atoms with Gasteiger partial charge >= 0.3 is 11.7 Å². The Labute approximate surface area is 119 Å². The van der Waals surface area contributed by atoms with E-state index < -0.39 is 23.1 Å². The molecule has 21 heavy (non-hydrogen) atoms. The van der Waals surface area contributed by atoms with Crippen LogP contribution >= 0.6 is 0 Å². The first-order valence-electron chi connectivity index (χ1n) is 6.80. The highest BCUT2D eigenvalue weighted by molar-refractivity contribution is 5.93. The number of hydrogen-bond donors (Lipinski definition) is 3. The summed E-state index contributed by atoms with van der Waals surface area (Å²) in [5, 5.41) is 8.70. The average Bonchev–Trinajstić information content (AvgIpc) is 2.45. The van der Waals surface area contributed by atoms with Crippen LogP contribution in [0.2, 0.25) is 0 Å². The second-order valence-electron chi connectivity index (χ2n) is 5.18. The van der Waals surface area contributed by atoms with Crippen LogP contribution < -0.4 is 11.2 Å². The SMILES string of the molecule is O=C(O)CCC1CCCN(C(=O)c2c[nH]c(=O)[nH]c2=O)C1. The maximum atomic E-state index is 12.3. The Morgan fingerprint density at radius 1 is 1.38 bits per heavy atom. The second kappa shape index (κ2) is 6.38. The zero-order chi connectivity index (χ0) is 15.4. The third kappa shape index (κ3) is 3.80. The molecule has 1 aromatic heterocycles. The van der Waals surface area contributed by atoms with E-state index >= 15 is 0 Å². The van der Waals surface area contributed by atoms with Gasteiger partial charge in [-0.1, -0.05) is 0 Å². The van der Waals surface area contributed by atoms with Crippen molar-refractivity contribution in [3.63, 3.8) is 0 Å². The summed E-state index contributed by atoms with van der Waals surface area (Å²) >= 11 is 0. The van der Waals surface area contributed by atoms with E-state index in [0.29, 0.717) is 19.5 Å². The second-order valence-corrected chi connectivity index (χ2v) is 5.18. The fourth-order valence-electron chi connectivity index (χ4n) is 2.55. The lowest BCUT2D eigenvalue weighted by Crippen LogP contribution is -2.42. The summed E-state index contributed by atoms with van der Waals surface area (Å²) in [7, 11) is 0. The summed E-state index contributed by atoms with van der Waals surface area (Å²) in [6.07, 6.45) is 3.35. The van der Waals surface area contributed by atoms with Crippen molar-refractivity contribution >= 4 is 11.9 Å². The van der Waals surface area contributed by atoms with Crippen molar-refractivity contribution in [3.8, 4) is 0 Å². The van der Waals surface area contributed by atoms with Crippen molar-refractivity contribution in [2.45, 2.75) is 25.7 Å². The van der Waals surface area contributed by atoms with E-state index in [0.717, 1.165) is 19.0 Å². The number of aromatic amines is 2. The van der Waals surface area contributed by atoms with E-state index in [1.54, 1.807) is 4.90 Å². The molecule has 1 amide bonds. The highest BCUT2D eigenvalue weighted by Crippen LogP contribution is 2.21. The lowest BCUT2D eigenvalue weighted by Gasteiger charge is -2.32. The predicted molar refractivity (Wildman–Crippen MR) is 73.2 cm³/mol. The standard InChI is InChI=1S/C13H17N3O5/c17-10(18)4-3-8-2-1-5-16(7-8)12(20)9-6-14-13(21)15-11(9)19/h6,8H,1-5,7H2,(H,17,18)(H2,14,15,19,21). The van der Waals surface area contributed by atoms with Crippen LogP contribution in [-0.2, 0) is 4.79 Å². The number of carbonyl (C=O) groups is 2. The van der Waals surface area contributed by atoms with Gasteiger partial charge in [0.25, 0.3) is 11.5 Å². The van der Waals surface area contributed by atoms with E-state index in [2.05, 4.69) is 4.98 Å². The molecule has 114 valence electrons. The third-order valence-corrected chi connectivity index (χ3v) is 3.62. The number of H-pyrrole nitrogens is 2.